The molecule has 0 aromatic carbocycles. The molecule has 5 nitrogen and oxygen atoms in total. The van der Waals surface area contributed by atoms with Crippen LogP contribution in [-0.4, -0.2) is 58.5 Å². The number of amides is 1. The van der Waals surface area contributed by atoms with Crippen molar-refractivity contribution in [3.63, 3.8) is 0 Å². The van der Waals surface area contributed by atoms with Crippen LogP contribution in [0.4, 0.5) is 0 Å². The van der Waals surface area contributed by atoms with Crippen molar-refractivity contribution < 1.29 is 4.79 Å². The van der Waals surface area contributed by atoms with Gasteiger partial charge in [0, 0.05) is 37.8 Å². The van der Waals surface area contributed by atoms with Crippen LogP contribution in [0.5, 0.6) is 0 Å². The summed E-state index contributed by atoms with van der Waals surface area (Å²) >= 11 is 1.69. The van der Waals surface area contributed by atoms with E-state index < -0.39 is 0 Å². The molecule has 1 aliphatic heterocycles. The Kier molecular flexibility index (Phi) is 4.08. The highest BCUT2D eigenvalue weighted by molar-refractivity contribution is 7.13. The number of pyridine rings is 1. The summed E-state index contributed by atoms with van der Waals surface area (Å²) in [6, 6.07) is 10.3. The number of carbonyl (C=O) groups excluding carboxylic acids is 1. The van der Waals surface area contributed by atoms with Gasteiger partial charge in [0.2, 0.25) is 5.91 Å². The van der Waals surface area contributed by atoms with Gasteiger partial charge >= 0.3 is 0 Å². The minimum atomic E-state index is 0.170. The average molecular weight is 340 g/mol. The maximum atomic E-state index is 12.8. The predicted molar refractivity (Wildman–Crippen MR) is 97.1 cm³/mol. The van der Waals surface area contributed by atoms with Gasteiger partial charge in [-0.2, -0.15) is 0 Å². The van der Waals surface area contributed by atoms with Crippen molar-refractivity contribution in [2.45, 2.75) is 6.54 Å². The fraction of sp³-hybridized carbons (Fsp3) is 0.333. The van der Waals surface area contributed by atoms with E-state index in [1.165, 1.54) is 4.88 Å². The van der Waals surface area contributed by atoms with Crippen molar-refractivity contribution in [2.75, 3.05) is 33.2 Å². The quantitative estimate of drug-likeness (QED) is 0.736. The minimum Gasteiger partial charge on any atom is -0.339 e. The molecule has 0 saturated carbocycles. The van der Waals surface area contributed by atoms with E-state index in [0.29, 0.717) is 6.54 Å². The monoisotopic (exact) mass is 340 g/mol. The summed E-state index contributed by atoms with van der Waals surface area (Å²) in [6.07, 6.45) is 1.79. The molecule has 0 spiro atoms. The molecule has 4 rings (SSSR count). The molecule has 1 aliphatic rings. The molecule has 0 aliphatic carbocycles. The zero-order chi connectivity index (χ0) is 16.5. The van der Waals surface area contributed by atoms with Crippen LogP contribution in [0.1, 0.15) is 0 Å². The van der Waals surface area contributed by atoms with Crippen LogP contribution in [0.25, 0.3) is 21.6 Å². The third-order valence-electron chi connectivity index (χ3n) is 4.58. The lowest BCUT2D eigenvalue weighted by molar-refractivity contribution is -0.133. The Hall–Kier alpha value is -2.18. The van der Waals surface area contributed by atoms with Gasteiger partial charge in [0.05, 0.1) is 10.6 Å². The third-order valence-corrected chi connectivity index (χ3v) is 5.47. The molecule has 1 fully saturated rings. The van der Waals surface area contributed by atoms with Crippen molar-refractivity contribution in [1.82, 2.24) is 19.4 Å². The second-order valence-electron chi connectivity index (χ2n) is 6.19. The van der Waals surface area contributed by atoms with E-state index in [1.54, 1.807) is 17.5 Å². The van der Waals surface area contributed by atoms with Crippen molar-refractivity contribution >= 4 is 28.3 Å². The second-order valence-corrected chi connectivity index (χ2v) is 7.14. The Bertz CT molecular complexity index is 847. The van der Waals surface area contributed by atoms with Gasteiger partial charge in [-0.25, -0.2) is 4.98 Å². The third kappa shape index (κ3) is 2.83. The average Bonchev–Trinajstić information content (AvgIpc) is 3.23. The van der Waals surface area contributed by atoms with Gasteiger partial charge in [-0.05, 0) is 36.7 Å². The number of carbonyl (C=O) groups is 1. The highest BCUT2D eigenvalue weighted by atomic mass is 32.1. The van der Waals surface area contributed by atoms with E-state index in [0.717, 1.165) is 42.9 Å². The first kappa shape index (κ1) is 15.4. The van der Waals surface area contributed by atoms with Crippen LogP contribution in [0.3, 0.4) is 0 Å². The Labute approximate surface area is 145 Å². The lowest BCUT2D eigenvalue weighted by Gasteiger charge is -2.32. The van der Waals surface area contributed by atoms with Crippen LogP contribution >= 0.6 is 11.3 Å². The number of likely N-dealkylation sites (N-methyl/N-ethyl adjacent to an activating group) is 1. The number of thiophene rings is 1. The largest absolute Gasteiger partial charge is 0.339 e. The van der Waals surface area contributed by atoms with E-state index in [-0.39, 0.29) is 5.91 Å². The van der Waals surface area contributed by atoms with Crippen LogP contribution in [-0.2, 0) is 11.3 Å². The molecular weight excluding hydrogens is 320 g/mol. The van der Waals surface area contributed by atoms with E-state index in [2.05, 4.69) is 45.1 Å². The summed E-state index contributed by atoms with van der Waals surface area (Å²) in [5.41, 5.74) is 1.95. The molecule has 0 radical (unpaired) electrons. The molecule has 0 N–H and O–H groups in total. The van der Waals surface area contributed by atoms with Crippen LogP contribution in [0, 0.1) is 0 Å². The Morgan fingerprint density at radius 3 is 2.79 bits per heavy atom. The number of hydrogen-bond acceptors (Lipinski definition) is 4. The molecule has 3 aromatic rings. The van der Waals surface area contributed by atoms with Crippen LogP contribution in [0.2, 0.25) is 0 Å². The molecule has 0 bridgehead atoms. The molecular formula is C18H20N4OS. The number of rotatable bonds is 3. The van der Waals surface area contributed by atoms with Gasteiger partial charge in [0.25, 0.3) is 0 Å². The van der Waals surface area contributed by atoms with Crippen molar-refractivity contribution in [1.29, 1.82) is 0 Å². The molecule has 0 atom stereocenters. The fourth-order valence-electron chi connectivity index (χ4n) is 3.17. The van der Waals surface area contributed by atoms with Crippen molar-refractivity contribution in [3.05, 3.63) is 41.9 Å². The molecule has 0 unspecified atom stereocenters. The minimum absolute atomic E-state index is 0.170. The standard InChI is InChI=1S/C18H20N4OS/c1-20-7-9-21(10-8-20)17(23)13-22-15(16-5-3-11-24-16)12-14-4-2-6-19-18(14)22/h2-6,11-12H,7-10,13H2,1H3. The van der Waals surface area contributed by atoms with E-state index in [1.807, 2.05) is 17.0 Å². The molecule has 24 heavy (non-hydrogen) atoms. The van der Waals surface area contributed by atoms with Gasteiger partial charge in [-0.15, -0.1) is 11.3 Å². The highest BCUT2D eigenvalue weighted by Gasteiger charge is 2.21. The maximum absolute atomic E-state index is 12.8. The Morgan fingerprint density at radius 1 is 1.21 bits per heavy atom. The first-order chi connectivity index (χ1) is 11.7. The van der Waals surface area contributed by atoms with Crippen molar-refractivity contribution in [3.8, 4) is 10.6 Å². The topological polar surface area (TPSA) is 41.4 Å². The summed E-state index contributed by atoms with van der Waals surface area (Å²) in [5.74, 6) is 0.170. The number of fused-ring (bicyclic) bond motifs is 1. The normalized spacial score (nSPS) is 16.0. The molecule has 4 heterocycles. The summed E-state index contributed by atoms with van der Waals surface area (Å²) in [7, 11) is 2.10. The Morgan fingerprint density at radius 2 is 2.04 bits per heavy atom. The van der Waals surface area contributed by atoms with E-state index in [4.69, 9.17) is 0 Å². The van der Waals surface area contributed by atoms with Crippen LogP contribution in [0.15, 0.2) is 41.9 Å². The number of piperazine rings is 1. The number of nitrogens with zero attached hydrogens (tertiary/aromatic N) is 4. The lowest BCUT2D eigenvalue weighted by atomic mass is 10.3. The van der Waals surface area contributed by atoms with E-state index in [9.17, 15) is 4.79 Å². The summed E-state index contributed by atoms with van der Waals surface area (Å²) < 4.78 is 2.06. The van der Waals surface area contributed by atoms with Gasteiger partial charge in [0.15, 0.2) is 0 Å². The zero-order valence-electron chi connectivity index (χ0n) is 13.7. The smallest absolute Gasteiger partial charge is 0.242 e. The summed E-state index contributed by atoms with van der Waals surface area (Å²) in [5, 5.41) is 3.14. The highest BCUT2D eigenvalue weighted by Crippen LogP contribution is 2.30. The number of hydrogen-bond donors (Lipinski definition) is 0. The zero-order valence-corrected chi connectivity index (χ0v) is 14.5. The Balaban J connectivity index is 1.67. The first-order valence-corrected chi connectivity index (χ1v) is 9.05. The second kappa shape index (κ2) is 6.37. The molecule has 3 aromatic heterocycles. The molecule has 124 valence electrons. The lowest BCUT2D eigenvalue weighted by Crippen LogP contribution is -2.48. The van der Waals surface area contributed by atoms with Gasteiger partial charge in [-0.3, -0.25) is 4.79 Å². The van der Waals surface area contributed by atoms with Crippen LogP contribution < -0.4 is 0 Å². The SMILES string of the molecule is CN1CCN(C(=O)Cn2c(-c3cccs3)cc3cccnc32)CC1. The first-order valence-electron chi connectivity index (χ1n) is 8.17. The van der Waals surface area contributed by atoms with Crippen molar-refractivity contribution in [2.24, 2.45) is 0 Å². The summed E-state index contributed by atoms with van der Waals surface area (Å²) in [6.45, 7) is 3.83. The number of aromatic nitrogens is 2. The molecule has 1 amide bonds. The molecule has 1 saturated heterocycles. The predicted octanol–water partition coefficient (Wildman–Crippen LogP) is 2.54. The van der Waals surface area contributed by atoms with Gasteiger partial charge < -0.3 is 14.4 Å². The molecule has 6 heteroatoms. The maximum Gasteiger partial charge on any atom is 0.242 e. The van der Waals surface area contributed by atoms with Gasteiger partial charge in [0.1, 0.15) is 12.2 Å². The van der Waals surface area contributed by atoms with Gasteiger partial charge in [-0.1, -0.05) is 6.07 Å². The fourth-order valence-corrected chi connectivity index (χ4v) is 3.92. The summed E-state index contributed by atoms with van der Waals surface area (Å²) in [4.78, 5) is 22.7. The van der Waals surface area contributed by atoms with E-state index >= 15 is 0 Å².